The molecular weight excluding hydrogens is 286 g/mol. The number of hydrogen-bond donors (Lipinski definition) is 1. The van der Waals surface area contributed by atoms with Gasteiger partial charge in [-0.1, -0.05) is 50.1 Å². The highest BCUT2D eigenvalue weighted by Crippen LogP contribution is 2.25. The van der Waals surface area contributed by atoms with Crippen LogP contribution >= 0.6 is 0 Å². The van der Waals surface area contributed by atoms with Crippen LogP contribution in [0.5, 0.6) is 0 Å². The van der Waals surface area contributed by atoms with E-state index in [0.29, 0.717) is 5.56 Å². The van der Waals surface area contributed by atoms with E-state index in [1.54, 1.807) is 6.20 Å². The predicted molar refractivity (Wildman–Crippen MR) is 92.2 cm³/mol. The number of amides is 1. The summed E-state index contributed by atoms with van der Waals surface area (Å²) in [7, 11) is 0. The molecule has 1 aliphatic heterocycles. The molecule has 2 aromatic rings. The van der Waals surface area contributed by atoms with Gasteiger partial charge in [0.1, 0.15) is 0 Å². The van der Waals surface area contributed by atoms with Crippen molar-refractivity contribution in [3.05, 3.63) is 42.1 Å². The quantitative estimate of drug-likeness (QED) is 0.923. The van der Waals surface area contributed by atoms with Gasteiger partial charge < -0.3 is 4.90 Å². The number of aromatic amines is 1. The van der Waals surface area contributed by atoms with Gasteiger partial charge in [-0.3, -0.25) is 9.89 Å². The van der Waals surface area contributed by atoms with Gasteiger partial charge in [0.25, 0.3) is 5.91 Å². The lowest BCUT2D eigenvalue weighted by atomic mass is 9.96. The van der Waals surface area contributed by atoms with Crippen molar-refractivity contribution in [1.82, 2.24) is 15.1 Å². The van der Waals surface area contributed by atoms with Crippen molar-refractivity contribution in [2.24, 2.45) is 5.92 Å². The Balaban J connectivity index is 1.75. The second-order valence-corrected chi connectivity index (χ2v) is 6.40. The van der Waals surface area contributed by atoms with E-state index in [9.17, 15) is 4.79 Å². The topological polar surface area (TPSA) is 49.0 Å². The Morgan fingerprint density at radius 1 is 1.26 bits per heavy atom. The summed E-state index contributed by atoms with van der Waals surface area (Å²) in [6.45, 7) is 3.97. The average molecular weight is 311 g/mol. The molecule has 2 heterocycles. The number of rotatable bonds is 4. The summed E-state index contributed by atoms with van der Waals surface area (Å²) < 4.78 is 0. The third-order valence-electron chi connectivity index (χ3n) is 4.76. The molecule has 0 aliphatic carbocycles. The van der Waals surface area contributed by atoms with E-state index >= 15 is 0 Å². The lowest BCUT2D eigenvalue weighted by Crippen LogP contribution is -2.32. The molecule has 1 fully saturated rings. The van der Waals surface area contributed by atoms with Gasteiger partial charge in [-0.05, 0) is 25.2 Å². The van der Waals surface area contributed by atoms with Crippen LogP contribution in [0.4, 0.5) is 0 Å². The van der Waals surface area contributed by atoms with Gasteiger partial charge in [0, 0.05) is 18.7 Å². The Morgan fingerprint density at radius 3 is 2.87 bits per heavy atom. The molecular formula is C19H25N3O. The number of hydrogen-bond acceptors (Lipinski definition) is 2. The van der Waals surface area contributed by atoms with E-state index in [1.165, 1.54) is 19.3 Å². The van der Waals surface area contributed by atoms with E-state index < -0.39 is 0 Å². The number of H-pyrrole nitrogens is 1. The lowest BCUT2D eigenvalue weighted by molar-refractivity contribution is 0.0760. The van der Waals surface area contributed by atoms with Crippen molar-refractivity contribution in [2.45, 2.75) is 39.0 Å². The first-order valence-corrected chi connectivity index (χ1v) is 8.67. The summed E-state index contributed by atoms with van der Waals surface area (Å²) in [5.41, 5.74) is 2.52. The van der Waals surface area contributed by atoms with Crippen molar-refractivity contribution in [1.29, 1.82) is 0 Å². The number of nitrogens with one attached hydrogen (secondary N) is 1. The predicted octanol–water partition coefficient (Wildman–Crippen LogP) is 4.12. The zero-order chi connectivity index (χ0) is 16.1. The highest BCUT2D eigenvalue weighted by molar-refractivity contribution is 5.99. The number of likely N-dealkylation sites (tertiary alicyclic amines) is 1. The molecule has 3 rings (SSSR count). The van der Waals surface area contributed by atoms with Crippen molar-refractivity contribution in [3.8, 4) is 11.3 Å². The van der Waals surface area contributed by atoms with Gasteiger partial charge in [-0.25, -0.2) is 0 Å². The van der Waals surface area contributed by atoms with Crippen LogP contribution in [0.1, 0.15) is 49.4 Å². The largest absolute Gasteiger partial charge is 0.339 e. The minimum absolute atomic E-state index is 0.106. The fourth-order valence-corrected chi connectivity index (χ4v) is 3.51. The van der Waals surface area contributed by atoms with Crippen LogP contribution in [-0.2, 0) is 0 Å². The third kappa shape index (κ3) is 3.63. The fourth-order valence-electron chi connectivity index (χ4n) is 3.51. The maximum Gasteiger partial charge on any atom is 0.257 e. The summed E-state index contributed by atoms with van der Waals surface area (Å²) in [6, 6.07) is 9.94. The molecule has 4 heteroatoms. The Hall–Kier alpha value is -2.10. The first-order valence-electron chi connectivity index (χ1n) is 8.67. The highest BCUT2D eigenvalue weighted by Gasteiger charge is 2.24. The van der Waals surface area contributed by atoms with Crippen LogP contribution in [0, 0.1) is 5.92 Å². The molecule has 1 atom stereocenters. The Kier molecular flexibility index (Phi) is 5.11. The Bertz CT molecular complexity index is 635. The molecule has 0 bridgehead atoms. The lowest BCUT2D eigenvalue weighted by Gasteiger charge is -2.20. The van der Waals surface area contributed by atoms with E-state index in [-0.39, 0.29) is 5.91 Å². The number of nitrogens with zero attached hydrogens (tertiary/aromatic N) is 2. The summed E-state index contributed by atoms with van der Waals surface area (Å²) in [6.07, 6.45) is 7.65. The molecule has 122 valence electrons. The third-order valence-corrected chi connectivity index (χ3v) is 4.76. The van der Waals surface area contributed by atoms with Gasteiger partial charge in [0.05, 0.1) is 17.5 Å². The molecule has 1 aliphatic rings. The second kappa shape index (κ2) is 7.44. The van der Waals surface area contributed by atoms with Gasteiger partial charge in [0.2, 0.25) is 0 Å². The normalized spacial score (nSPS) is 18.7. The average Bonchev–Trinajstić information content (AvgIpc) is 2.96. The Labute approximate surface area is 137 Å². The first kappa shape index (κ1) is 15.8. The highest BCUT2D eigenvalue weighted by atomic mass is 16.2. The SMILES string of the molecule is CCCC1CCCN(C(=O)c2cn[nH]c2-c2ccccc2)CC1. The molecule has 1 N–H and O–H groups in total. The second-order valence-electron chi connectivity index (χ2n) is 6.40. The number of carbonyl (C=O) groups excluding carboxylic acids is 1. The number of benzene rings is 1. The molecule has 1 amide bonds. The first-order chi connectivity index (χ1) is 11.3. The van der Waals surface area contributed by atoms with E-state index in [0.717, 1.165) is 43.1 Å². The van der Waals surface area contributed by atoms with Gasteiger partial charge >= 0.3 is 0 Å². The molecule has 4 nitrogen and oxygen atoms in total. The van der Waals surface area contributed by atoms with Crippen molar-refractivity contribution < 1.29 is 4.79 Å². The monoisotopic (exact) mass is 311 g/mol. The van der Waals surface area contributed by atoms with Gasteiger partial charge in [0.15, 0.2) is 0 Å². The van der Waals surface area contributed by atoms with Gasteiger partial charge in [-0.2, -0.15) is 5.10 Å². The molecule has 1 aromatic carbocycles. The smallest absolute Gasteiger partial charge is 0.257 e. The zero-order valence-electron chi connectivity index (χ0n) is 13.8. The zero-order valence-corrected chi connectivity index (χ0v) is 13.8. The maximum absolute atomic E-state index is 12.9. The molecule has 1 aromatic heterocycles. The van der Waals surface area contributed by atoms with Gasteiger partial charge in [-0.15, -0.1) is 0 Å². The van der Waals surface area contributed by atoms with Crippen LogP contribution in [0.3, 0.4) is 0 Å². The summed E-state index contributed by atoms with van der Waals surface area (Å²) in [5.74, 6) is 0.880. The molecule has 1 unspecified atom stereocenters. The molecule has 0 saturated carbocycles. The minimum atomic E-state index is 0.106. The van der Waals surface area contributed by atoms with Crippen LogP contribution in [-0.4, -0.2) is 34.1 Å². The minimum Gasteiger partial charge on any atom is -0.339 e. The van der Waals surface area contributed by atoms with E-state index in [4.69, 9.17) is 0 Å². The van der Waals surface area contributed by atoms with Crippen molar-refractivity contribution in [3.63, 3.8) is 0 Å². The number of carbonyl (C=O) groups is 1. The maximum atomic E-state index is 12.9. The van der Waals surface area contributed by atoms with Crippen LogP contribution in [0.25, 0.3) is 11.3 Å². The number of aromatic nitrogens is 2. The van der Waals surface area contributed by atoms with Crippen LogP contribution in [0.2, 0.25) is 0 Å². The molecule has 0 radical (unpaired) electrons. The summed E-state index contributed by atoms with van der Waals surface area (Å²) in [5, 5.41) is 7.10. The summed E-state index contributed by atoms with van der Waals surface area (Å²) >= 11 is 0. The standard InChI is InChI=1S/C19H25N3O/c1-2-7-15-8-6-12-22(13-11-15)19(23)17-14-20-21-18(17)16-9-4-3-5-10-16/h3-5,9-10,14-15H,2,6-8,11-13H2,1H3,(H,20,21). The molecule has 0 spiro atoms. The molecule has 1 saturated heterocycles. The fraction of sp³-hybridized carbons (Fsp3) is 0.474. The van der Waals surface area contributed by atoms with E-state index in [2.05, 4.69) is 17.1 Å². The summed E-state index contributed by atoms with van der Waals surface area (Å²) in [4.78, 5) is 14.9. The van der Waals surface area contributed by atoms with Crippen LogP contribution < -0.4 is 0 Å². The van der Waals surface area contributed by atoms with Crippen molar-refractivity contribution in [2.75, 3.05) is 13.1 Å². The van der Waals surface area contributed by atoms with E-state index in [1.807, 2.05) is 35.2 Å². The van der Waals surface area contributed by atoms with Crippen molar-refractivity contribution >= 4 is 5.91 Å². The molecule has 23 heavy (non-hydrogen) atoms. The Morgan fingerprint density at radius 2 is 2.09 bits per heavy atom. The van der Waals surface area contributed by atoms with Crippen LogP contribution in [0.15, 0.2) is 36.5 Å².